The molecular weight excluding hydrogens is 254 g/mol. The van der Waals surface area contributed by atoms with E-state index in [4.69, 9.17) is 9.84 Å². The summed E-state index contributed by atoms with van der Waals surface area (Å²) < 4.78 is 5.42. The molecule has 0 spiro atoms. The molecule has 0 radical (unpaired) electrons. The Morgan fingerprint density at radius 1 is 1.42 bits per heavy atom. The van der Waals surface area contributed by atoms with Gasteiger partial charge in [0, 0.05) is 13.0 Å². The highest BCUT2D eigenvalue weighted by Crippen LogP contribution is 2.24. The molecule has 0 bridgehead atoms. The van der Waals surface area contributed by atoms with Gasteiger partial charge in [0.05, 0.1) is 12.7 Å². The van der Waals surface area contributed by atoms with Crippen LogP contribution in [0.3, 0.4) is 0 Å². The van der Waals surface area contributed by atoms with Gasteiger partial charge >= 0.3 is 12.1 Å². The highest BCUT2D eigenvalue weighted by atomic mass is 16.5. The minimum atomic E-state index is -0.806. The molecule has 4 amide bonds. The van der Waals surface area contributed by atoms with Crippen LogP contribution in [0.4, 0.5) is 9.59 Å². The van der Waals surface area contributed by atoms with Gasteiger partial charge in [0.15, 0.2) is 0 Å². The summed E-state index contributed by atoms with van der Waals surface area (Å²) >= 11 is 0. The van der Waals surface area contributed by atoms with E-state index in [1.807, 2.05) is 6.92 Å². The summed E-state index contributed by atoms with van der Waals surface area (Å²) in [4.78, 5) is 26.2. The van der Waals surface area contributed by atoms with Crippen molar-refractivity contribution in [3.8, 4) is 0 Å². The van der Waals surface area contributed by atoms with Gasteiger partial charge in [-0.25, -0.2) is 9.59 Å². The number of aliphatic hydroxyl groups excluding tert-OH is 2. The second kappa shape index (κ2) is 5.72. The predicted molar refractivity (Wildman–Crippen MR) is 64.0 cm³/mol. The van der Waals surface area contributed by atoms with Gasteiger partial charge in [-0.3, -0.25) is 10.2 Å². The first-order valence-electron chi connectivity index (χ1n) is 6.37. The van der Waals surface area contributed by atoms with Crippen LogP contribution >= 0.6 is 0 Å². The van der Waals surface area contributed by atoms with Crippen LogP contribution in [0, 0.1) is 0 Å². The number of nitrogens with zero attached hydrogens (tertiary/aromatic N) is 2. The fourth-order valence-corrected chi connectivity index (χ4v) is 2.29. The summed E-state index contributed by atoms with van der Waals surface area (Å²) in [5, 5.41) is 20.9. The zero-order valence-corrected chi connectivity index (χ0v) is 10.8. The van der Waals surface area contributed by atoms with E-state index in [1.54, 1.807) is 0 Å². The molecule has 2 fully saturated rings. The summed E-state index contributed by atoms with van der Waals surface area (Å²) in [5.41, 5.74) is 0. The third kappa shape index (κ3) is 2.80. The smallest absolute Gasteiger partial charge is 0.328 e. The Morgan fingerprint density at radius 2 is 2.16 bits per heavy atom. The second-order valence-corrected chi connectivity index (χ2v) is 4.72. The normalized spacial score (nSPS) is 31.8. The fraction of sp³-hybridized carbons (Fsp3) is 0.818. The van der Waals surface area contributed by atoms with E-state index in [9.17, 15) is 14.7 Å². The monoisotopic (exact) mass is 273 g/mol. The molecular formula is C11H19N3O5. The Hall–Kier alpha value is -1.38. The number of hydrogen-bond donors (Lipinski definition) is 3. The molecule has 0 unspecified atom stereocenters. The first-order chi connectivity index (χ1) is 9.06. The van der Waals surface area contributed by atoms with Gasteiger partial charge in [-0.1, -0.05) is 6.92 Å². The first-order valence-corrected chi connectivity index (χ1v) is 6.37. The van der Waals surface area contributed by atoms with Crippen LogP contribution in [-0.4, -0.2) is 70.3 Å². The van der Waals surface area contributed by atoms with Crippen LogP contribution in [0.2, 0.25) is 0 Å². The van der Waals surface area contributed by atoms with E-state index in [0.717, 1.165) is 6.42 Å². The quantitative estimate of drug-likeness (QED) is 0.626. The number of carbonyl (C=O) groups is 2. The second-order valence-electron chi connectivity index (χ2n) is 4.72. The minimum absolute atomic E-state index is 0.133. The van der Waals surface area contributed by atoms with E-state index < -0.39 is 30.5 Å². The molecule has 8 nitrogen and oxygen atoms in total. The van der Waals surface area contributed by atoms with E-state index in [0.29, 0.717) is 6.54 Å². The number of hydrogen-bond acceptors (Lipinski definition) is 5. The van der Waals surface area contributed by atoms with Crippen molar-refractivity contribution in [3.63, 3.8) is 0 Å². The SMILES string of the molecule is CCCN1CN([C@H]2C[C@H](O)[C@@H](CO)O2)C(=O)NC1=O. The van der Waals surface area contributed by atoms with Crippen LogP contribution < -0.4 is 5.32 Å². The highest BCUT2D eigenvalue weighted by Gasteiger charge is 2.41. The standard InChI is InChI=1S/C11H19N3O5/c1-2-3-13-6-14(11(18)12-10(13)17)9-4-7(16)8(5-15)19-9/h7-9,15-16H,2-6H2,1H3,(H,12,17,18)/t7-,8+,9+/m0/s1. The number of ether oxygens (including phenoxy) is 1. The molecule has 2 heterocycles. The maximum atomic E-state index is 11.8. The van der Waals surface area contributed by atoms with Gasteiger partial charge in [0.25, 0.3) is 0 Å². The van der Waals surface area contributed by atoms with Gasteiger partial charge < -0.3 is 19.8 Å². The summed E-state index contributed by atoms with van der Waals surface area (Å²) in [6.07, 6.45) is -1.11. The molecule has 2 saturated heterocycles. The van der Waals surface area contributed by atoms with E-state index in [-0.39, 0.29) is 19.7 Å². The van der Waals surface area contributed by atoms with E-state index >= 15 is 0 Å². The molecule has 2 aliphatic heterocycles. The van der Waals surface area contributed by atoms with Gasteiger partial charge in [-0.15, -0.1) is 0 Å². The van der Waals surface area contributed by atoms with Crippen molar-refractivity contribution in [1.29, 1.82) is 0 Å². The molecule has 0 aromatic heterocycles. The van der Waals surface area contributed by atoms with Crippen LogP contribution in [0.1, 0.15) is 19.8 Å². The maximum absolute atomic E-state index is 11.8. The Labute approximate surface area is 110 Å². The summed E-state index contributed by atoms with van der Waals surface area (Å²) in [5.74, 6) is 0. The van der Waals surface area contributed by atoms with Crippen molar-refractivity contribution >= 4 is 12.1 Å². The number of carbonyl (C=O) groups excluding carboxylic acids is 2. The van der Waals surface area contributed by atoms with Crippen molar-refractivity contribution in [2.75, 3.05) is 19.8 Å². The average molecular weight is 273 g/mol. The molecule has 0 aromatic carbocycles. The topological polar surface area (TPSA) is 102 Å². The van der Waals surface area contributed by atoms with Gasteiger partial charge in [0.2, 0.25) is 0 Å². The molecule has 0 saturated carbocycles. The largest absolute Gasteiger partial charge is 0.394 e. The molecule has 8 heteroatoms. The van der Waals surface area contributed by atoms with Crippen LogP contribution in [0.15, 0.2) is 0 Å². The number of amides is 4. The summed E-state index contributed by atoms with van der Waals surface area (Å²) in [6.45, 7) is 2.30. The van der Waals surface area contributed by atoms with E-state index in [2.05, 4.69) is 5.32 Å². The van der Waals surface area contributed by atoms with Crippen molar-refractivity contribution < 1.29 is 24.5 Å². The zero-order chi connectivity index (χ0) is 14.0. The summed E-state index contributed by atoms with van der Waals surface area (Å²) in [6, 6.07) is -0.950. The number of rotatable bonds is 4. The Balaban J connectivity index is 2.03. The number of urea groups is 2. The third-order valence-corrected chi connectivity index (χ3v) is 3.31. The van der Waals surface area contributed by atoms with E-state index in [1.165, 1.54) is 9.80 Å². The molecule has 0 aliphatic carbocycles. The fourth-order valence-electron chi connectivity index (χ4n) is 2.29. The average Bonchev–Trinajstić information content (AvgIpc) is 2.74. The number of aliphatic hydroxyl groups is 2. The number of imide groups is 1. The lowest BCUT2D eigenvalue weighted by Crippen LogP contribution is -2.61. The van der Waals surface area contributed by atoms with Crippen molar-refractivity contribution in [2.45, 2.75) is 38.2 Å². The van der Waals surface area contributed by atoms with Crippen LogP contribution in [-0.2, 0) is 4.74 Å². The van der Waals surface area contributed by atoms with Crippen LogP contribution in [0.25, 0.3) is 0 Å². The zero-order valence-electron chi connectivity index (χ0n) is 10.8. The van der Waals surface area contributed by atoms with Gasteiger partial charge in [-0.2, -0.15) is 0 Å². The number of nitrogens with one attached hydrogen (secondary N) is 1. The molecule has 2 aliphatic rings. The maximum Gasteiger partial charge on any atom is 0.328 e. The molecule has 3 N–H and O–H groups in total. The third-order valence-electron chi connectivity index (χ3n) is 3.31. The Morgan fingerprint density at radius 3 is 2.74 bits per heavy atom. The van der Waals surface area contributed by atoms with Crippen molar-refractivity contribution in [3.05, 3.63) is 0 Å². The Kier molecular flexibility index (Phi) is 4.23. The highest BCUT2D eigenvalue weighted by molar-refractivity contribution is 5.95. The molecule has 3 atom stereocenters. The lowest BCUT2D eigenvalue weighted by molar-refractivity contribution is -0.0749. The molecule has 108 valence electrons. The lowest BCUT2D eigenvalue weighted by atomic mass is 10.2. The summed E-state index contributed by atoms with van der Waals surface area (Å²) in [7, 11) is 0. The van der Waals surface area contributed by atoms with Gasteiger partial charge in [-0.05, 0) is 6.42 Å². The predicted octanol–water partition coefficient (Wildman–Crippen LogP) is -0.731. The van der Waals surface area contributed by atoms with Crippen molar-refractivity contribution in [2.24, 2.45) is 0 Å². The molecule has 2 rings (SSSR count). The van der Waals surface area contributed by atoms with Gasteiger partial charge in [0.1, 0.15) is 19.0 Å². The minimum Gasteiger partial charge on any atom is -0.394 e. The molecule has 0 aromatic rings. The first kappa shape index (κ1) is 14.0. The Bertz CT molecular complexity index is 364. The van der Waals surface area contributed by atoms with Crippen molar-refractivity contribution in [1.82, 2.24) is 15.1 Å². The molecule has 19 heavy (non-hydrogen) atoms. The van der Waals surface area contributed by atoms with Crippen LogP contribution in [0.5, 0.6) is 0 Å². The lowest BCUT2D eigenvalue weighted by Gasteiger charge is -2.38.